The summed E-state index contributed by atoms with van der Waals surface area (Å²) < 4.78 is 5.75. The van der Waals surface area contributed by atoms with E-state index in [4.69, 9.17) is 4.74 Å². The molecule has 2 aromatic carbocycles. The number of amides is 1. The lowest BCUT2D eigenvalue weighted by atomic mass is 9.96. The standard InChI is InChI=1S/C20H23NO3/c1-13(2)15-7-8-18(22)17(10-15)20(23)21-11-14-9-16-5-3-4-6-19(16)24-12-14/h3-8,10,13-14,22H,9,11-12H2,1-2H3,(H,21,23). The number of rotatable bonds is 4. The van der Waals surface area contributed by atoms with Crippen LogP contribution in [-0.4, -0.2) is 24.2 Å². The highest BCUT2D eigenvalue weighted by Crippen LogP contribution is 2.27. The number of hydrogen-bond donors (Lipinski definition) is 2. The Hall–Kier alpha value is -2.49. The molecule has 1 aliphatic heterocycles. The second kappa shape index (κ2) is 6.95. The summed E-state index contributed by atoms with van der Waals surface area (Å²) in [5, 5.41) is 12.9. The number of phenolic OH excluding ortho intramolecular Hbond substituents is 1. The number of aromatic hydroxyl groups is 1. The Balaban J connectivity index is 1.63. The second-order valence-corrected chi connectivity index (χ2v) is 6.63. The molecule has 1 amide bonds. The van der Waals surface area contributed by atoms with Crippen molar-refractivity contribution in [1.29, 1.82) is 0 Å². The zero-order valence-corrected chi connectivity index (χ0v) is 14.1. The summed E-state index contributed by atoms with van der Waals surface area (Å²) in [5.74, 6) is 1.25. The summed E-state index contributed by atoms with van der Waals surface area (Å²) in [4.78, 5) is 12.4. The van der Waals surface area contributed by atoms with Gasteiger partial charge in [0.25, 0.3) is 5.91 Å². The van der Waals surface area contributed by atoms with Crippen LogP contribution in [0.25, 0.3) is 0 Å². The average molecular weight is 325 g/mol. The molecule has 2 N–H and O–H groups in total. The van der Waals surface area contributed by atoms with E-state index in [0.29, 0.717) is 24.6 Å². The van der Waals surface area contributed by atoms with Crippen molar-refractivity contribution in [3.05, 3.63) is 59.2 Å². The molecule has 4 nitrogen and oxygen atoms in total. The number of fused-ring (bicyclic) bond motifs is 1. The van der Waals surface area contributed by atoms with E-state index in [1.807, 2.05) is 24.3 Å². The summed E-state index contributed by atoms with van der Waals surface area (Å²) in [5.41, 5.74) is 2.54. The van der Waals surface area contributed by atoms with Crippen LogP contribution in [-0.2, 0) is 6.42 Å². The van der Waals surface area contributed by atoms with E-state index in [9.17, 15) is 9.90 Å². The average Bonchev–Trinajstić information content (AvgIpc) is 2.59. The Kier molecular flexibility index (Phi) is 4.74. The number of carbonyl (C=O) groups is 1. The van der Waals surface area contributed by atoms with Crippen LogP contribution in [0.15, 0.2) is 42.5 Å². The molecule has 1 atom stereocenters. The predicted molar refractivity (Wildman–Crippen MR) is 93.7 cm³/mol. The Bertz CT molecular complexity index is 739. The number of ether oxygens (including phenoxy) is 1. The van der Waals surface area contributed by atoms with E-state index in [1.165, 1.54) is 5.56 Å². The first kappa shape index (κ1) is 16.4. The largest absolute Gasteiger partial charge is 0.507 e. The fourth-order valence-electron chi connectivity index (χ4n) is 2.95. The minimum Gasteiger partial charge on any atom is -0.507 e. The minimum atomic E-state index is -0.242. The Morgan fingerprint density at radius 1 is 1.29 bits per heavy atom. The molecule has 0 saturated heterocycles. The van der Waals surface area contributed by atoms with E-state index in [-0.39, 0.29) is 17.6 Å². The number of para-hydroxylation sites is 1. The predicted octanol–water partition coefficient (Wildman–Crippen LogP) is 3.50. The monoisotopic (exact) mass is 325 g/mol. The molecule has 0 spiro atoms. The van der Waals surface area contributed by atoms with Crippen LogP contribution >= 0.6 is 0 Å². The number of hydrogen-bond acceptors (Lipinski definition) is 3. The highest BCUT2D eigenvalue weighted by Gasteiger charge is 2.21. The molecule has 1 unspecified atom stereocenters. The van der Waals surface area contributed by atoms with Crippen molar-refractivity contribution >= 4 is 5.91 Å². The fraction of sp³-hybridized carbons (Fsp3) is 0.350. The molecule has 2 aromatic rings. The number of phenols is 1. The van der Waals surface area contributed by atoms with Crippen LogP contribution in [0.2, 0.25) is 0 Å². The summed E-state index contributed by atoms with van der Waals surface area (Å²) in [6, 6.07) is 13.2. The fourth-order valence-corrected chi connectivity index (χ4v) is 2.95. The van der Waals surface area contributed by atoms with E-state index in [0.717, 1.165) is 17.7 Å². The molecule has 0 radical (unpaired) electrons. The highest BCUT2D eigenvalue weighted by atomic mass is 16.5. The molecule has 4 heteroatoms. The third-order valence-electron chi connectivity index (χ3n) is 4.44. The maximum absolute atomic E-state index is 12.4. The molecular formula is C20H23NO3. The van der Waals surface area contributed by atoms with Gasteiger partial charge >= 0.3 is 0 Å². The van der Waals surface area contributed by atoms with E-state index in [2.05, 4.69) is 25.2 Å². The number of nitrogens with one attached hydrogen (secondary N) is 1. The summed E-state index contributed by atoms with van der Waals surface area (Å²) in [6.45, 7) is 5.24. The molecule has 0 fully saturated rings. The Morgan fingerprint density at radius 2 is 2.08 bits per heavy atom. The van der Waals surface area contributed by atoms with Crippen molar-refractivity contribution in [3.63, 3.8) is 0 Å². The third kappa shape index (κ3) is 3.53. The molecule has 0 aromatic heterocycles. The molecule has 126 valence electrons. The normalized spacial score (nSPS) is 16.4. The smallest absolute Gasteiger partial charge is 0.255 e. The zero-order chi connectivity index (χ0) is 17.1. The minimum absolute atomic E-state index is 0.0159. The van der Waals surface area contributed by atoms with Gasteiger partial charge in [0.05, 0.1) is 12.2 Å². The van der Waals surface area contributed by atoms with Gasteiger partial charge in [-0.1, -0.05) is 38.1 Å². The van der Waals surface area contributed by atoms with Gasteiger partial charge in [0, 0.05) is 12.5 Å². The first-order chi connectivity index (χ1) is 11.5. The van der Waals surface area contributed by atoms with Gasteiger partial charge < -0.3 is 15.2 Å². The van der Waals surface area contributed by atoms with E-state index in [1.54, 1.807) is 12.1 Å². The Labute approximate surface area is 142 Å². The lowest BCUT2D eigenvalue weighted by Crippen LogP contribution is -2.34. The molecule has 1 heterocycles. The van der Waals surface area contributed by atoms with Crippen molar-refractivity contribution in [3.8, 4) is 11.5 Å². The Morgan fingerprint density at radius 3 is 2.88 bits per heavy atom. The molecule has 0 aliphatic carbocycles. The van der Waals surface area contributed by atoms with Crippen molar-refractivity contribution in [2.24, 2.45) is 5.92 Å². The summed E-state index contributed by atoms with van der Waals surface area (Å²) in [7, 11) is 0. The lowest BCUT2D eigenvalue weighted by Gasteiger charge is -2.25. The first-order valence-electron chi connectivity index (χ1n) is 8.36. The molecule has 3 rings (SSSR count). The summed E-state index contributed by atoms with van der Waals surface area (Å²) in [6.07, 6.45) is 0.883. The van der Waals surface area contributed by atoms with Crippen LogP contribution in [0.1, 0.15) is 41.3 Å². The molecule has 1 aliphatic rings. The molecular weight excluding hydrogens is 302 g/mol. The number of benzene rings is 2. The maximum Gasteiger partial charge on any atom is 0.255 e. The maximum atomic E-state index is 12.4. The van der Waals surface area contributed by atoms with Gasteiger partial charge in [-0.2, -0.15) is 0 Å². The van der Waals surface area contributed by atoms with Crippen molar-refractivity contribution in [2.45, 2.75) is 26.2 Å². The van der Waals surface area contributed by atoms with Crippen LogP contribution in [0, 0.1) is 5.92 Å². The van der Waals surface area contributed by atoms with Gasteiger partial charge in [-0.3, -0.25) is 4.79 Å². The first-order valence-corrected chi connectivity index (χ1v) is 8.36. The topological polar surface area (TPSA) is 58.6 Å². The van der Waals surface area contributed by atoms with Gasteiger partial charge in [0.2, 0.25) is 0 Å². The van der Waals surface area contributed by atoms with Crippen LogP contribution in [0.4, 0.5) is 0 Å². The zero-order valence-electron chi connectivity index (χ0n) is 14.1. The van der Waals surface area contributed by atoms with Gasteiger partial charge in [-0.15, -0.1) is 0 Å². The number of carbonyl (C=O) groups excluding carboxylic acids is 1. The third-order valence-corrected chi connectivity index (χ3v) is 4.44. The van der Waals surface area contributed by atoms with E-state index >= 15 is 0 Å². The van der Waals surface area contributed by atoms with Gasteiger partial charge in [0.1, 0.15) is 11.5 Å². The van der Waals surface area contributed by atoms with Crippen molar-refractivity contribution in [2.75, 3.05) is 13.2 Å². The van der Waals surface area contributed by atoms with Crippen LogP contribution in [0.5, 0.6) is 11.5 Å². The van der Waals surface area contributed by atoms with Crippen molar-refractivity contribution in [1.82, 2.24) is 5.32 Å². The van der Waals surface area contributed by atoms with Gasteiger partial charge in [-0.05, 0) is 41.7 Å². The molecule has 0 saturated carbocycles. The quantitative estimate of drug-likeness (QED) is 0.904. The van der Waals surface area contributed by atoms with Crippen molar-refractivity contribution < 1.29 is 14.6 Å². The lowest BCUT2D eigenvalue weighted by molar-refractivity contribution is 0.0936. The highest BCUT2D eigenvalue weighted by molar-refractivity contribution is 5.97. The molecule has 24 heavy (non-hydrogen) atoms. The van der Waals surface area contributed by atoms with Gasteiger partial charge in [0.15, 0.2) is 0 Å². The van der Waals surface area contributed by atoms with Crippen LogP contribution < -0.4 is 10.1 Å². The summed E-state index contributed by atoms with van der Waals surface area (Å²) >= 11 is 0. The van der Waals surface area contributed by atoms with E-state index < -0.39 is 0 Å². The van der Waals surface area contributed by atoms with Crippen LogP contribution in [0.3, 0.4) is 0 Å². The SMILES string of the molecule is CC(C)c1ccc(O)c(C(=O)NCC2COc3ccccc3C2)c1. The van der Waals surface area contributed by atoms with Gasteiger partial charge in [-0.25, -0.2) is 0 Å². The second-order valence-electron chi connectivity index (χ2n) is 6.63. The molecule has 0 bridgehead atoms.